The predicted molar refractivity (Wildman–Crippen MR) is 162 cm³/mol. The summed E-state index contributed by atoms with van der Waals surface area (Å²) in [5.41, 5.74) is 8.44. The Morgan fingerprint density at radius 3 is 2.64 bits per heavy atom. The van der Waals surface area contributed by atoms with E-state index in [9.17, 15) is 9.18 Å². The summed E-state index contributed by atoms with van der Waals surface area (Å²) in [7, 11) is 0. The molecule has 1 amide bonds. The number of rotatable bonds is 14. The number of halogens is 2. The Morgan fingerprint density at radius 2 is 1.83 bits per heavy atom. The number of nitrogens with two attached hydrogens (primary N) is 1. The number of unbranched alkanes of at least 4 members (excludes halogenated alkanes) is 2. The lowest BCUT2D eigenvalue weighted by molar-refractivity contribution is -0.118. The molecule has 0 aliphatic rings. The van der Waals surface area contributed by atoms with E-state index in [2.05, 4.69) is 20.6 Å². The van der Waals surface area contributed by atoms with Crippen LogP contribution in [-0.2, 0) is 17.9 Å². The van der Waals surface area contributed by atoms with Gasteiger partial charge in [-0.2, -0.15) is 0 Å². The predicted octanol–water partition coefficient (Wildman–Crippen LogP) is 7.14. The first-order valence-electron chi connectivity index (χ1n) is 13.7. The highest BCUT2D eigenvalue weighted by Crippen LogP contribution is 2.32. The number of aromatic nitrogens is 2. The van der Waals surface area contributed by atoms with Crippen molar-refractivity contribution in [3.8, 4) is 17.1 Å². The van der Waals surface area contributed by atoms with Crippen LogP contribution in [0.3, 0.4) is 0 Å². The number of furan rings is 1. The number of anilines is 2. The maximum absolute atomic E-state index is 13.1. The topological polar surface area (TPSA) is 115 Å². The fraction of sp³-hybridized carbons (Fsp3) is 0.219. The molecule has 4 N–H and O–H groups in total. The number of hydrogen-bond donors (Lipinski definition) is 3. The van der Waals surface area contributed by atoms with E-state index in [1.54, 1.807) is 24.3 Å². The Balaban J connectivity index is 1.22. The zero-order valence-electron chi connectivity index (χ0n) is 22.9. The third kappa shape index (κ3) is 7.84. The minimum atomic E-state index is -0.291. The standard InChI is InChI=1S/C32H31ClFN5O3/c33-27-17-24(10-13-30(27)41-19-21-5-8-23(34)9-6-21)39-32-26-16-22(7-12-28(26)37-20-38-32)29-14-11-25(42-29)18-36-15-3-1-2-4-31(35)40/h5-14,16-17,20,36H,1-4,15,18-19H2,(H2,35,40)(H,37,38,39). The summed E-state index contributed by atoms with van der Waals surface area (Å²) in [5.74, 6) is 2.19. The van der Waals surface area contributed by atoms with Gasteiger partial charge in [0.2, 0.25) is 5.91 Å². The molecule has 2 aromatic heterocycles. The molecule has 8 nitrogen and oxygen atoms in total. The van der Waals surface area contributed by atoms with Crippen LogP contribution in [0.4, 0.5) is 15.9 Å². The summed E-state index contributed by atoms with van der Waals surface area (Å²) >= 11 is 6.50. The van der Waals surface area contributed by atoms with E-state index >= 15 is 0 Å². The Kier molecular flexibility index (Phi) is 9.63. The minimum Gasteiger partial charge on any atom is -0.487 e. The lowest BCUT2D eigenvalue weighted by atomic mass is 10.1. The van der Waals surface area contributed by atoms with Crippen molar-refractivity contribution in [1.29, 1.82) is 0 Å². The first kappa shape index (κ1) is 29.0. The normalized spacial score (nSPS) is 11.1. The average molecular weight is 588 g/mol. The minimum absolute atomic E-state index is 0.251. The van der Waals surface area contributed by atoms with Gasteiger partial charge < -0.3 is 25.5 Å². The molecule has 0 atom stereocenters. The van der Waals surface area contributed by atoms with Gasteiger partial charge in [-0.25, -0.2) is 14.4 Å². The summed E-state index contributed by atoms with van der Waals surface area (Å²) < 4.78 is 25.1. The quantitative estimate of drug-likeness (QED) is 0.118. The van der Waals surface area contributed by atoms with Crippen LogP contribution in [0, 0.1) is 5.82 Å². The molecule has 0 spiro atoms. The van der Waals surface area contributed by atoms with Crippen molar-refractivity contribution in [1.82, 2.24) is 15.3 Å². The molecule has 5 aromatic rings. The van der Waals surface area contributed by atoms with Gasteiger partial charge in [-0.1, -0.05) is 30.2 Å². The van der Waals surface area contributed by atoms with Crippen LogP contribution in [0.5, 0.6) is 5.75 Å². The van der Waals surface area contributed by atoms with Crippen LogP contribution in [0.2, 0.25) is 5.02 Å². The van der Waals surface area contributed by atoms with E-state index in [0.717, 1.165) is 65.0 Å². The second-order valence-corrected chi connectivity index (χ2v) is 10.3. The highest BCUT2D eigenvalue weighted by atomic mass is 35.5. The van der Waals surface area contributed by atoms with Crippen LogP contribution in [-0.4, -0.2) is 22.4 Å². The zero-order valence-corrected chi connectivity index (χ0v) is 23.7. The molecule has 10 heteroatoms. The number of carbonyl (C=O) groups is 1. The molecule has 0 aliphatic heterocycles. The van der Waals surface area contributed by atoms with Gasteiger partial charge in [0, 0.05) is 23.1 Å². The molecule has 216 valence electrons. The Morgan fingerprint density at radius 1 is 0.976 bits per heavy atom. The van der Waals surface area contributed by atoms with Gasteiger partial charge in [0.05, 0.1) is 17.1 Å². The largest absolute Gasteiger partial charge is 0.487 e. The summed E-state index contributed by atoms with van der Waals surface area (Å²) in [4.78, 5) is 19.7. The molecule has 42 heavy (non-hydrogen) atoms. The maximum atomic E-state index is 13.1. The molecule has 0 aliphatic carbocycles. The molecule has 0 radical (unpaired) electrons. The average Bonchev–Trinajstić information content (AvgIpc) is 3.46. The van der Waals surface area contributed by atoms with Crippen molar-refractivity contribution in [2.24, 2.45) is 5.73 Å². The first-order valence-corrected chi connectivity index (χ1v) is 14.1. The van der Waals surface area contributed by atoms with E-state index in [0.29, 0.717) is 29.6 Å². The van der Waals surface area contributed by atoms with Crippen molar-refractivity contribution in [3.63, 3.8) is 0 Å². The Labute approximate surface area is 248 Å². The SMILES string of the molecule is NC(=O)CCCCCNCc1ccc(-c2ccc3ncnc(Nc4ccc(OCc5ccc(F)cc5)c(Cl)c4)c3c2)o1. The number of fused-ring (bicyclic) bond motifs is 1. The number of ether oxygens (including phenoxy) is 1. The van der Waals surface area contributed by atoms with Gasteiger partial charge in [0.1, 0.15) is 41.8 Å². The molecule has 0 bridgehead atoms. The van der Waals surface area contributed by atoms with E-state index < -0.39 is 0 Å². The van der Waals surface area contributed by atoms with Crippen LogP contribution in [0.1, 0.15) is 37.0 Å². The van der Waals surface area contributed by atoms with Crippen molar-refractivity contribution in [3.05, 3.63) is 101 Å². The van der Waals surface area contributed by atoms with E-state index in [4.69, 9.17) is 26.5 Å². The molecular formula is C32H31ClFN5O3. The van der Waals surface area contributed by atoms with Crippen molar-refractivity contribution >= 4 is 39.9 Å². The number of nitrogens with zero attached hydrogens (tertiary/aromatic N) is 2. The maximum Gasteiger partial charge on any atom is 0.217 e. The second-order valence-electron chi connectivity index (χ2n) is 9.86. The molecule has 3 aromatic carbocycles. The molecule has 0 fully saturated rings. The summed E-state index contributed by atoms with van der Waals surface area (Å²) in [6.45, 7) is 1.72. The highest BCUT2D eigenvalue weighted by Gasteiger charge is 2.11. The highest BCUT2D eigenvalue weighted by molar-refractivity contribution is 6.32. The van der Waals surface area contributed by atoms with Crippen LogP contribution >= 0.6 is 11.6 Å². The fourth-order valence-corrected chi connectivity index (χ4v) is 4.68. The third-order valence-corrected chi connectivity index (χ3v) is 6.96. The monoisotopic (exact) mass is 587 g/mol. The Hall–Kier alpha value is -4.47. The van der Waals surface area contributed by atoms with E-state index in [1.807, 2.05) is 36.4 Å². The fourth-order valence-electron chi connectivity index (χ4n) is 4.45. The Bertz CT molecular complexity index is 1660. The second kappa shape index (κ2) is 13.9. The van der Waals surface area contributed by atoms with Crippen molar-refractivity contribution in [2.45, 2.75) is 38.8 Å². The molecule has 0 unspecified atom stereocenters. The molecular weight excluding hydrogens is 557 g/mol. The molecule has 0 saturated carbocycles. The lowest BCUT2D eigenvalue weighted by Crippen LogP contribution is -2.14. The summed E-state index contributed by atoms with van der Waals surface area (Å²) in [5, 5.41) is 7.97. The van der Waals surface area contributed by atoms with Gasteiger partial charge in [0.15, 0.2) is 0 Å². The molecule has 0 saturated heterocycles. The van der Waals surface area contributed by atoms with Crippen LogP contribution in [0.15, 0.2) is 83.5 Å². The zero-order chi connectivity index (χ0) is 29.3. The number of hydrogen-bond acceptors (Lipinski definition) is 7. The van der Waals surface area contributed by atoms with Gasteiger partial charge in [0.25, 0.3) is 0 Å². The first-order chi connectivity index (χ1) is 20.4. The van der Waals surface area contributed by atoms with Gasteiger partial charge in [-0.15, -0.1) is 0 Å². The van der Waals surface area contributed by atoms with Crippen molar-refractivity contribution < 1.29 is 18.3 Å². The smallest absolute Gasteiger partial charge is 0.217 e. The van der Waals surface area contributed by atoms with Gasteiger partial charge in [-0.3, -0.25) is 4.79 Å². The number of primary amides is 1. The lowest BCUT2D eigenvalue weighted by Gasteiger charge is -2.12. The summed E-state index contributed by atoms with van der Waals surface area (Å²) in [6.07, 6.45) is 4.69. The van der Waals surface area contributed by atoms with E-state index in [-0.39, 0.29) is 18.3 Å². The van der Waals surface area contributed by atoms with Crippen LogP contribution < -0.4 is 21.1 Å². The third-order valence-electron chi connectivity index (χ3n) is 6.66. The number of carbonyl (C=O) groups excluding carboxylic acids is 1. The van der Waals surface area contributed by atoms with Crippen molar-refractivity contribution in [2.75, 3.05) is 11.9 Å². The molecule has 5 rings (SSSR count). The summed E-state index contributed by atoms with van der Waals surface area (Å²) in [6, 6.07) is 21.4. The number of nitrogens with one attached hydrogen (secondary N) is 2. The van der Waals surface area contributed by atoms with Gasteiger partial charge in [-0.05, 0) is 85.6 Å². The van der Waals surface area contributed by atoms with E-state index in [1.165, 1.54) is 18.5 Å². The molecule has 2 heterocycles. The van der Waals surface area contributed by atoms with Gasteiger partial charge >= 0.3 is 0 Å². The number of benzene rings is 3. The van der Waals surface area contributed by atoms with Crippen LogP contribution in [0.25, 0.3) is 22.2 Å². The number of amides is 1.